The summed E-state index contributed by atoms with van der Waals surface area (Å²) in [5.74, 6) is 0.541. The lowest BCUT2D eigenvalue weighted by molar-refractivity contribution is -0.147. The lowest BCUT2D eigenvalue weighted by Crippen LogP contribution is -2.49. The largest absolute Gasteiger partial charge is 0.480 e. The van der Waals surface area contributed by atoms with Crippen molar-refractivity contribution in [3.05, 3.63) is 0 Å². The molecule has 1 aliphatic carbocycles. The number of aliphatic carboxylic acids is 1. The van der Waals surface area contributed by atoms with E-state index < -0.39 is 5.97 Å². The quantitative estimate of drug-likeness (QED) is 0.836. The Morgan fingerprint density at radius 1 is 1.17 bits per heavy atom. The Morgan fingerprint density at radius 3 is 2.56 bits per heavy atom. The summed E-state index contributed by atoms with van der Waals surface area (Å²) in [6.45, 7) is 4.06. The first-order chi connectivity index (χ1) is 8.68. The SMILES string of the molecule is CC1CCCN(CCC2CCCCC2)C1C(=O)O. The van der Waals surface area contributed by atoms with E-state index in [0.717, 1.165) is 31.8 Å². The lowest BCUT2D eigenvalue weighted by atomic mass is 9.85. The Balaban J connectivity index is 1.83. The molecular weight excluding hydrogens is 226 g/mol. The second-order valence-corrected chi connectivity index (χ2v) is 6.23. The van der Waals surface area contributed by atoms with Gasteiger partial charge in [-0.05, 0) is 44.2 Å². The second-order valence-electron chi connectivity index (χ2n) is 6.23. The number of carboxylic acid groups (broad SMARTS) is 1. The Bertz CT molecular complexity index is 274. The molecule has 1 heterocycles. The summed E-state index contributed by atoms with van der Waals surface area (Å²) in [4.78, 5) is 13.6. The molecule has 3 heteroatoms. The molecule has 0 aromatic carbocycles. The Morgan fingerprint density at radius 2 is 1.89 bits per heavy atom. The first kappa shape index (κ1) is 13.9. The van der Waals surface area contributed by atoms with Crippen LogP contribution in [0.15, 0.2) is 0 Å². The summed E-state index contributed by atoms with van der Waals surface area (Å²) >= 11 is 0. The van der Waals surface area contributed by atoms with Crippen molar-refractivity contribution in [2.45, 2.75) is 64.3 Å². The number of hydrogen-bond donors (Lipinski definition) is 1. The van der Waals surface area contributed by atoms with Crippen molar-refractivity contribution in [3.63, 3.8) is 0 Å². The van der Waals surface area contributed by atoms with Gasteiger partial charge in [0, 0.05) is 0 Å². The topological polar surface area (TPSA) is 40.5 Å². The number of carbonyl (C=O) groups is 1. The van der Waals surface area contributed by atoms with E-state index >= 15 is 0 Å². The smallest absolute Gasteiger partial charge is 0.321 e. The van der Waals surface area contributed by atoms with Crippen LogP contribution < -0.4 is 0 Å². The Hall–Kier alpha value is -0.570. The van der Waals surface area contributed by atoms with E-state index in [0.29, 0.717) is 5.92 Å². The molecule has 104 valence electrons. The summed E-state index contributed by atoms with van der Waals surface area (Å²) in [5, 5.41) is 9.37. The van der Waals surface area contributed by atoms with Crippen LogP contribution in [0.1, 0.15) is 58.3 Å². The van der Waals surface area contributed by atoms with E-state index in [1.165, 1.54) is 38.5 Å². The second kappa shape index (κ2) is 6.55. The number of hydrogen-bond acceptors (Lipinski definition) is 2. The first-order valence-corrected chi connectivity index (χ1v) is 7.65. The molecule has 1 aliphatic heterocycles. The van der Waals surface area contributed by atoms with Crippen LogP contribution in [0.5, 0.6) is 0 Å². The van der Waals surface area contributed by atoms with Gasteiger partial charge in [0.1, 0.15) is 6.04 Å². The predicted molar refractivity (Wildman–Crippen MR) is 72.6 cm³/mol. The summed E-state index contributed by atoms with van der Waals surface area (Å²) in [6.07, 6.45) is 10.3. The number of likely N-dealkylation sites (tertiary alicyclic amines) is 1. The van der Waals surface area contributed by atoms with Crippen molar-refractivity contribution < 1.29 is 9.90 Å². The third-order valence-corrected chi connectivity index (χ3v) is 4.84. The van der Waals surface area contributed by atoms with Crippen molar-refractivity contribution in [1.29, 1.82) is 0 Å². The maximum atomic E-state index is 11.4. The van der Waals surface area contributed by atoms with E-state index in [1.54, 1.807) is 0 Å². The molecule has 2 aliphatic rings. The summed E-state index contributed by atoms with van der Waals surface area (Å²) in [5.41, 5.74) is 0. The summed E-state index contributed by atoms with van der Waals surface area (Å²) < 4.78 is 0. The van der Waals surface area contributed by atoms with Gasteiger partial charge in [-0.3, -0.25) is 9.69 Å². The summed E-state index contributed by atoms with van der Waals surface area (Å²) in [6, 6.07) is -0.234. The fraction of sp³-hybridized carbons (Fsp3) is 0.933. The monoisotopic (exact) mass is 253 g/mol. The third-order valence-electron chi connectivity index (χ3n) is 4.84. The predicted octanol–water partition coefficient (Wildman–Crippen LogP) is 3.14. The van der Waals surface area contributed by atoms with Crippen LogP contribution in [0.25, 0.3) is 0 Å². The van der Waals surface area contributed by atoms with Gasteiger partial charge < -0.3 is 5.11 Å². The molecule has 1 saturated carbocycles. The molecule has 1 N–H and O–H groups in total. The highest BCUT2D eigenvalue weighted by Crippen LogP contribution is 2.29. The van der Waals surface area contributed by atoms with Gasteiger partial charge in [0.25, 0.3) is 0 Å². The number of carboxylic acids is 1. The third kappa shape index (κ3) is 3.47. The molecule has 1 saturated heterocycles. The van der Waals surface area contributed by atoms with Crippen LogP contribution in [-0.2, 0) is 4.79 Å². The van der Waals surface area contributed by atoms with Crippen LogP contribution in [0.2, 0.25) is 0 Å². The zero-order chi connectivity index (χ0) is 13.0. The molecule has 0 bridgehead atoms. The minimum atomic E-state index is -0.620. The standard InChI is InChI=1S/C15H27NO2/c1-12-6-5-10-16(14(12)15(17)18)11-9-13-7-3-2-4-8-13/h12-14H,2-11H2,1H3,(H,17,18). The fourth-order valence-electron chi connectivity index (χ4n) is 3.75. The van der Waals surface area contributed by atoms with Gasteiger partial charge in [-0.2, -0.15) is 0 Å². The molecule has 0 aromatic heterocycles. The van der Waals surface area contributed by atoms with E-state index in [4.69, 9.17) is 0 Å². The van der Waals surface area contributed by atoms with Crippen molar-refractivity contribution in [2.75, 3.05) is 13.1 Å². The van der Waals surface area contributed by atoms with Crippen molar-refractivity contribution in [3.8, 4) is 0 Å². The zero-order valence-electron chi connectivity index (χ0n) is 11.6. The van der Waals surface area contributed by atoms with Gasteiger partial charge in [0.05, 0.1) is 0 Å². The van der Waals surface area contributed by atoms with Crippen LogP contribution in [-0.4, -0.2) is 35.1 Å². The van der Waals surface area contributed by atoms with Gasteiger partial charge in [-0.15, -0.1) is 0 Å². The average Bonchev–Trinajstić information content (AvgIpc) is 2.37. The lowest BCUT2D eigenvalue weighted by Gasteiger charge is -2.38. The van der Waals surface area contributed by atoms with E-state index in [-0.39, 0.29) is 6.04 Å². The molecule has 2 fully saturated rings. The van der Waals surface area contributed by atoms with Gasteiger partial charge in [-0.1, -0.05) is 39.0 Å². The average molecular weight is 253 g/mol. The molecule has 0 spiro atoms. The fourth-order valence-corrected chi connectivity index (χ4v) is 3.75. The van der Waals surface area contributed by atoms with Gasteiger partial charge in [0.2, 0.25) is 0 Å². The van der Waals surface area contributed by atoms with Gasteiger partial charge >= 0.3 is 5.97 Å². The minimum absolute atomic E-state index is 0.234. The van der Waals surface area contributed by atoms with E-state index in [9.17, 15) is 9.90 Å². The number of rotatable bonds is 4. The Kier molecular flexibility index (Phi) is 5.04. The highest BCUT2D eigenvalue weighted by molar-refractivity contribution is 5.74. The zero-order valence-corrected chi connectivity index (χ0v) is 11.6. The van der Waals surface area contributed by atoms with Crippen LogP contribution in [0.3, 0.4) is 0 Å². The molecule has 2 unspecified atom stereocenters. The molecular formula is C15H27NO2. The van der Waals surface area contributed by atoms with Crippen LogP contribution in [0.4, 0.5) is 0 Å². The van der Waals surface area contributed by atoms with Gasteiger partial charge in [-0.25, -0.2) is 0 Å². The molecule has 2 rings (SSSR count). The summed E-state index contributed by atoms with van der Waals surface area (Å²) in [7, 11) is 0. The number of nitrogens with zero attached hydrogens (tertiary/aromatic N) is 1. The highest BCUT2D eigenvalue weighted by atomic mass is 16.4. The molecule has 0 amide bonds. The first-order valence-electron chi connectivity index (χ1n) is 7.65. The molecule has 3 nitrogen and oxygen atoms in total. The van der Waals surface area contributed by atoms with E-state index in [2.05, 4.69) is 11.8 Å². The van der Waals surface area contributed by atoms with Crippen molar-refractivity contribution in [1.82, 2.24) is 4.90 Å². The van der Waals surface area contributed by atoms with Crippen molar-refractivity contribution >= 4 is 5.97 Å². The van der Waals surface area contributed by atoms with E-state index in [1.807, 2.05) is 0 Å². The highest BCUT2D eigenvalue weighted by Gasteiger charge is 2.34. The minimum Gasteiger partial charge on any atom is -0.480 e. The molecule has 0 radical (unpaired) electrons. The van der Waals surface area contributed by atoms with Crippen molar-refractivity contribution in [2.24, 2.45) is 11.8 Å². The Labute approximate surface area is 111 Å². The van der Waals surface area contributed by atoms with Crippen LogP contribution in [0, 0.1) is 11.8 Å². The maximum Gasteiger partial charge on any atom is 0.321 e. The van der Waals surface area contributed by atoms with Gasteiger partial charge in [0.15, 0.2) is 0 Å². The van der Waals surface area contributed by atoms with Crippen LogP contribution >= 0.6 is 0 Å². The molecule has 2 atom stereocenters. The molecule has 0 aromatic rings. The normalized spacial score (nSPS) is 31.4. The number of piperidine rings is 1. The maximum absolute atomic E-state index is 11.4. The molecule has 18 heavy (non-hydrogen) atoms.